The first-order chi connectivity index (χ1) is 9.13. The van der Waals surface area contributed by atoms with Gasteiger partial charge >= 0.3 is 0 Å². The zero-order chi connectivity index (χ0) is 13.8. The van der Waals surface area contributed by atoms with Crippen LogP contribution in [0.1, 0.15) is 6.92 Å². The predicted octanol–water partition coefficient (Wildman–Crippen LogP) is 1.78. The van der Waals surface area contributed by atoms with Crippen LogP contribution in [0.2, 0.25) is 0 Å². The summed E-state index contributed by atoms with van der Waals surface area (Å²) in [7, 11) is 1.78. The van der Waals surface area contributed by atoms with Gasteiger partial charge in [0.25, 0.3) is 5.69 Å². The molecule has 1 aromatic rings. The number of nitro groups is 1. The Bertz CT molecular complexity index is 456. The summed E-state index contributed by atoms with van der Waals surface area (Å²) in [6.45, 7) is 7.06. The fraction of sp³-hybridized carbons (Fsp3) is 0.538. The summed E-state index contributed by atoms with van der Waals surface area (Å²) in [4.78, 5) is 15.2. The lowest BCUT2D eigenvalue weighted by Crippen LogP contribution is -2.46. The van der Waals surface area contributed by atoms with Crippen molar-refractivity contribution in [2.75, 3.05) is 50.0 Å². The van der Waals surface area contributed by atoms with Gasteiger partial charge in [0.15, 0.2) is 0 Å². The van der Waals surface area contributed by atoms with Gasteiger partial charge in [0.05, 0.1) is 4.92 Å². The molecule has 6 nitrogen and oxygen atoms in total. The molecule has 0 unspecified atom stereocenters. The Labute approximate surface area is 113 Å². The number of likely N-dealkylation sites (N-methyl/N-ethyl adjacent to an activating group) is 1. The van der Waals surface area contributed by atoms with E-state index in [4.69, 9.17) is 0 Å². The Hall–Kier alpha value is -1.82. The maximum atomic E-state index is 11.0. The number of nitrogens with zero attached hydrogens (tertiary/aromatic N) is 3. The summed E-state index contributed by atoms with van der Waals surface area (Å²) in [5.41, 5.74) is 1.84. The normalized spacial score (nSPS) is 16.4. The van der Waals surface area contributed by atoms with Gasteiger partial charge < -0.3 is 15.1 Å². The fourth-order valence-electron chi connectivity index (χ4n) is 2.35. The van der Waals surface area contributed by atoms with Gasteiger partial charge in [0.2, 0.25) is 0 Å². The van der Waals surface area contributed by atoms with Crippen LogP contribution in [0, 0.1) is 10.1 Å². The molecule has 6 heteroatoms. The van der Waals surface area contributed by atoms with Crippen molar-refractivity contribution in [3.63, 3.8) is 0 Å². The van der Waals surface area contributed by atoms with Gasteiger partial charge in [0, 0.05) is 56.7 Å². The molecule has 1 saturated heterocycles. The van der Waals surface area contributed by atoms with Crippen LogP contribution >= 0.6 is 0 Å². The third-order valence-corrected chi connectivity index (χ3v) is 3.59. The molecule has 104 valence electrons. The Morgan fingerprint density at radius 2 is 1.95 bits per heavy atom. The highest BCUT2D eigenvalue weighted by Crippen LogP contribution is 2.27. The van der Waals surface area contributed by atoms with Crippen molar-refractivity contribution in [1.29, 1.82) is 0 Å². The van der Waals surface area contributed by atoms with E-state index in [1.807, 2.05) is 6.07 Å². The van der Waals surface area contributed by atoms with Gasteiger partial charge in [-0.15, -0.1) is 0 Å². The van der Waals surface area contributed by atoms with Crippen molar-refractivity contribution in [3.05, 3.63) is 28.3 Å². The van der Waals surface area contributed by atoms with Crippen LogP contribution in [0.15, 0.2) is 18.2 Å². The predicted molar refractivity (Wildman–Crippen MR) is 77.0 cm³/mol. The van der Waals surface area contributed by atoms with Crippen molar-refractivity contribution in [2.45, 2.75) is 6.92 Å². The van der Waals surface area contributed by atoms with E-state index in [-0.39, 0.29) is 10.6 Å². The second-order valence-electron chi connectivity index (χ2n) is 4.67. The number of hydrogen-bond acceptors (Lipinski definition) is 5. The molecule has 0 saturated carbocycles. The minimum absolute atomic E-state index is 0.139. The number of piperazine rings is 1. The summed E-state index contributed by atoms with van der Waals surface area (Å²) in [6.07, 6.45) is 0. The maximum Gasteiger partial charge on any atom is 0.273 e. The van der Waals surface area contributed by atoms with E-state index in [1.165, 1.54) is 0 Å². The lowest BCUT2D eigenvalue weighted by atomic mass is 10.2. The molecule has 1 aliphatic heterocycles. The molecule has 0 aromatic heterocycles. The summed E-state index contributed by atoms with van der Waals surface area (Å²) in [5.74, 6) is 0. The van der Waals surface area contributed by atoms with Crippen molar-refractivity contribution < 1.29 is 4.92 Å². The third kappa shape index (κ3) is 3.14. The minimum Gasteiger partial charge on any atom is -0.388 e. The molecule has 19 heavy (non-hydrogen) atoms. The first kappa shape index (κ1) is 13.6. The largest absolute Gasteiger partial charge is 0.388 e. The molecular formula is C13H20N4O2. The van der Waals surface area contributed by atoms with Gasteiger partial charge in [-0.1, -0.05) is 6.92 Å². The molecule has 1 heterocycles. The molecule has 1 aliphatic rings. The lowest BCUT2D eigenvalue weighted by Gasteiger charge is -2.35. The van der Waals surface area contributed by atoms with Crippen molar-refractivity contribution in [3.8, 4) is 0 Å². The van der Waals surface area contributed by atoms with Gasteiger partial charge in [-0.2, -0.15) is 0 Å². The van der Waals surface area contributed by atoms with Crippen molar-refractivity contribution in [2.24, 2.45) is 0 Å². The third-order valence-electron chi connectivity index (χ3n) is 3.59. The van der Waals surface area contributed by atoms with E-state index >= 15 is 0 Å². The highest BCUT2D eigenvalue weighted by Gasteiger charge is 2.18. The number of non-ortho nitro benzene ring substituents is 1. The van der Waals surface area contributed by atoms with E-state index in [1.54, 1.807) is 19.2 Å². The minimum atomic E-state index is -0.341. The Kier molecular flexibility index (Phi) is 4.21. The lowest BCUT2D eigenvalue weighted by molar-refractivity contribution is -0.384. The van der Waals surface area contributed by atoms with Gasteiger partial charge in [-0.05, 0) is 12.6 Å². The SMILES string of the molecule is CCN1CCN(c2cc(NC)cc([N+](=O)[O-])c2)CC1. The number of anilines is 2. The van der Waals surface area contributed by atoms with Crippen molar-refractivity contribution >= 4 is 17.1 Å². The summed E-state index contributed by atoms with van der Waals surface area (Å²) >= 11 is 0. The van der Waals surface area contributed by atoms with Gasteiger partial charge in [-0.3, -0.25) is 10.1 Å². The molecule has 1 fully saturated rings. The molecule has 0 aliphatic carbocycles. The highest BCUT2D eigenvalue weighted by molar-refractivity contribution is 5.64. The Morgan fingerprint density at radius 1 is 1.26 bits per heavy atom. The molecule has 1 aromatic carbocycles. The van der Waals surface area contributed by atoms with Crippen LogP contribution in [-0.4, -0.2) is 49.6 Å². The zero-order valence-corrected chi connectivity index (χ0v) is 11.4. The standard InChI is InChI=1S/C13H20N4O2/c1-3-15-4-6-16(7-5-15)12-8-11(14-2)9-13(10-12)17(18)19/h8-10,14H,3-7H2,1-2H3. The maximum absolute atomic E-state index is 11.0. The first-order valence-electron chi connectivity index (χ1n) is 6.58. The van der Waals surface area contributed by atoms with Crippen LogP contribution in [0.25, 0.3) is 0 Å². The van der Waals surface area contributed by atoms with E-state index in [2.05, 4.69) is 22.0 Å². The van der Waals surface area contributed by atoms with E-state index in [0.29, 0.717) is 0 Å². The molecule has 0 bridgehead atoms. The highest BCUT2D eigenvalue weighted by atomic mass is 16.6. The van der Waals surface area contributed by atoms with Crippen LogP contribution in [-0.2, 0) is 0 Å². The molecule has 1 N–H and O–H groups in total. The molecule has 0 radical (unpaired) electrons. The summed E-state index contributed by atoms with van der Waals surface area (Å²) in [5, 5.41) is 13.9. The monoisotopic (exact) mass is 264 g/mol. The first-order valence-corrected chi connectivity index (χ1v) is 6.58. The number of rotatable bonds is 4. The quantitative estimate of drug-likeness (QED) is 0.663. The Balaban J connectivity index is 2.20. The zero-order valence-electron chi connectivity index (χ0n) is 11.4. The van der Waals surface area contributed by atoms with Crippen LogP contribution < -0.4 is 10.2 Å². The number of benzene rings is 1. The van der Waals surface area contributed by atoms with E-state index < -0.39 is 0 Å². The van der Waals surface area contributed by atoms with Crippen molar-refractivity contribution in [1.82, 2.24) is 4.90 Å². The summed E-state index contributed by atoms with van der Waals surface area (Å²) in [6, 6.07) is 5.18. The van der Waals surface area contributed by atoms with E-state index in [0.717, 1.165) is 44.1 Å². The second kappa shape index (κ2) is 5.88. The Morgan fingerprint density at radius 3 is 2.47 bits per heavy atom. The van der Waals surface area contributed by atoms with Gasteiger partial charge in [-0.25, -0.2) is 0 Å². The average Bonchev–Trinajstić information content (AvgIpc) is 2.46. The number of nitro benzene ring substituents is 1. The average molecular weight is 264 g/mol. The summed E-state index contributed by atoms with van der Waals surface area (Å²) < 4.78 is 0. The van der Waals surface area contributed by atoms with Gasteiger partial charge in [0.1, 0.15) is 0 Å². The molecule has 0 spiro atoms. The number of nitrogens with one attached hydrogen (secondary N) is 1. The number of hydrogen-bond donors (Lipinski definition) is 1. The second-order valence-corrected chi connectivity index (χ2v) is 4.67. The fourth-order valence-corrected chi connectivity index (χ4v) is 2.35. The molecule has 2 rings (SSSR count). The molecule has 0 amide bonds. The molecule has 0 atom stereocenters. The smallest absolute Gasteiger partial charge is 0.273 e. The molecular weight excluding hydrogens is 244 g/mol. The van der Waals surface area contributed by atoms with Crippen LogP contribution in [0.4, 0.5) is 17.1 Å². The van der Waals surface area contributed by atoms with Crippen LogP contribution in [0.5, 0.6) is 0 Å². The van der Waals surface area contributed by atoms with E-state index in [9.17, 15) is 10.1 Å². The topological polar surface area (TPSA) is 61.6 Å². The van der Waals surface area contributed by atoms with Crippen LogP contribution in [0.3, 0.4) is 0 Å².